The van der Waals surface area contributed by atoms with Crippen molar-refractivity contribution in [2.24, 2.45) is 0 Å². The highest BCUT2D eigenvalue weighted by Gasteiger charge is 2.23. The number of benzene rings is 1. The number of hydrogen-bond acceptors (Lipinski definition) is 3. The largest absolute Gasteiger partial charge is 0.357 e. The number of hydrogen-bond donors (Lipinski definition) is 3. The van der Waals surface area contributed by atoms with E-state index in [1.54, 1.807) is 6.20 Å². The Labute approximate surface area is 169 Å². The molecule has 0 saturated carbocycles. The van der Waals surface area contributed by atoms with Crippen molar-refractivity contribution in [1.82, 2.24) is 25.5 Å². The maximum atomic E-state index is 12.5. The number of fused-ring (bicyclic) bond motifs is 3. The molecule has 3 N–H and O–H groups in total. The van der Waals surface area contributed by atoms with Crippen LogP contribution in [0.1, 0.15) is 29.8 Å². The summed E-state index contributed by atoms with van der Waals surface area (Å²) in [4.78, 5) is 33.8. The number of rotatable bonds is 6. The van der Waals surface area contributed by atoms with E-state index in [9.17, 15) is 9.59 Å². The fourth-order valence-electron chi connectivity index (χ4n) is 3.70. The summed E-state index contributed by atoms with van der Waals surface area (Å²) in [6.07, 6.45) is 3.53. The number of H-pyrrole nitrogens is 1. The Balaban J connectivity index is 1.19. The predicted molar refractivity (Wildman–Crippen MR) is 111 cm³/mol. The molecule has 0 atom stereocenters. The van der Waals surface area contributed by atoms with Gasteiger partial charge in [0.15, 0.2) is 0 Å². The summed E-state index contributed by atoms with van der Waals surface area (Å²) in [5.41, 5.74) is 4.38. The minimum atomic E-state index is -0.0804. The average molecular weight is 391 g/mol. The first kappa shape index (κ1) is 19.0. The van der Waals surface area contributed by atoms with Crippen LogP contribution in [-0.4, -0.2) is 39.9 Å². The third-order valence-corrected chi connectivity index (χ3v) is 5.22. The van der Waals surface area contributed by atoms with Gasteiger partial charge in [0.25, 0.3) is 0 Å². The number of para-hydroxylation sites is 1. The van der Waals surface area contributed by atoms with Crippen molar-refractivity contribution in [3.8, 4) is 0 Å². The lowest BCUT2D eigenvalue weighted by Crippen LogP contribution is -2.43. The average Bonchev–Trinajstić information content (AvgIpc) is 3.13. The Morgan fingerprint density at radius 2 is 1.97 bits per heavy atom. The van der Waals surface area contributed by atoms with Gasteiger partial charge >= 0.3 is 6.03 Å². The zero-order valence-electron chi connectivity index (χ0n) is 16.3. The van der Waals surface area contributed by atoms with Gasteiger partial charge in [-0.1, -0.05) is 24.3 Å². The Morgan fingerprint density at radius 3 is 2.83 bits per heavy atom. The molecule has 2 aromatic heterocycles. The number of urea groups is 1. The van der Waals surface area contributed by atoms with Crippen LogP contribution in [0.3, 0.4) is 0 Å². The SMILES string of the molecule is O=C(CCCNC(=O)N1CCc2c([nH]c3ccccc23)C1)NCc1ccccn1. The van der Waals surface area contributed by atoms with E-state index in [-0.39, 0.29) is 11.9 Å². The molecule has 150 valence electrons. The van der Waals surface area contributed by atoms with Gasteiger partial charge in [-0.25, -0.2) is 4.79 Å². The topological polar surface area (TPSA) is 90.1 Å². The van der Waals surface area contributed by atoms with Crippen molar-refractivity contribution >= 4 is 22.8 Å². The van der Waals surface area contributed by atoms with Crippen LogP contribution in [-0.2, 0) is 24.3 Å². The highest BCUT2D eigenvalue weighted by molar-refractivity contribution is 5.85. The zero-order chi connectivity index (χ0) is 20.1. The number of pyridine rings is 1. The van der Waals surface area contributed by atoms with E-state index in [1.807, 2.05) is 35.2 Å². The maximum absolute atomic E-state index is 12.5. The number of nitrogens with zero attached hydrogens (tertiary/aromatic N) is 2. The van der Waals surface area contributed by atoms with E-state index in [4.69, 9.17) is 0 Å². The molecule has 0 spiro atoms. The number of aromatic nitrogens is 2. The van der Waals surface area contributed by atoms with Crippen molar-refractivity contribution in [3.05, 3.63) is 65.6 Å². The van der Waals surface area contributed by atoms with Crippen molar-refractivity contribution in [2.45, 2.75) is 32.4 Å². The fraction of sp³-hybridized carbons (Fsp3) is 0.318. The normalized spacial score (nSPS) is 13.2. The summed E-state index contributed by atoms with van der Waals surface area (Å²) < 4.78 is 0. The number of aromatic amines is 1. The molecule has 1 aromatic carbocycles. The first-order valence-electron chi connectivity index (χ1n) is 9.98. The first-order chi connectivity index (χ1) is 14.2. The highest BCUT2D eigenvalue weighted by Crippen LogP contribution is 2.27. The van der Waals surface area contributed by atoms with Gasteiger partial charge in [0, 0.05) is 42.3 Å². The fourth-order valence-corrected chi connectivity index (χ4v) is 3.70. The summed E-state index contributed by atoms with van der Waals surface area (Å²) in [7, 11) is 0. The molecule has 4 rings (SSSR count). The monoisotopic (exact) mass is 391 g/mol. The molecular formula is C22H25N5O2. The molecule has 7 heteroatoms. The molecule has 3 heterocycles. The van der Waals surface area contributed by atoms with Gasteiger partial charge in [0.1, 0.15) is 0 Å². The molecule has 0 fully saturated rings. The van der Waals surface area contributed by atoms with Gasteiger partial charge in [-0.3, -0.25) is 9.78 Å². The minimum absolute atomic E-state index is 0.0365. The molecule has 0 aliphatic carbocycles. The van der Waals surface area contributed by atoms with Crippen LogP contribution >= 0.6 is 0 Å². The van der Waals surface area contributed by atoms with Crippen molar-refractivity contribution < 1.29 is 9.59 Å². The summed E-state index contributed by atoms with van der Waals surface area (Å²) in [5.74, 6) is -0.0365. The number of carbonyl (C=O) groups excluding carboxylic acids is 2. The van der Waals surface area contributed by atoms with Crippen molar-refractivity contribution in [3.63, 3.8) is 0 Å². The van der Waals surface area contributed by atoms with Crippen LogP contribution in [0.4, 0.5) is 4.79 Å². The van der Waals surface area contributed by atoms with E-state index in [0.29, 0.717) is 39.0 Å². The van der Waals surface area contributed by atoms with Crippen LogP contribution in [0, 0.1) is 0 Å². The van der Waals surface area contributed by atoms with Crippen LogP contribution in [0.5, 0.6) is 0 Å². The summed E-state index contributed by atoms with van der Waals surface area (Å²) in [6, 6.07) is 13.8. The van der Waals surface area contributed by atoms with E-state index >= 15 is 0 Å². The third-order valence-electron chi connectivity index (χ3n) is 5.22. The molecule has 1 aliphatic heterocycles. The van der Waals surface area contributed by atoms with Crippen LogP contribution < -0.4 is 10.6 Å². The van der Waals surface area contributed by atoms with Crippen LogP contribution in [0.15, 0.2) is 48.7 Å². The van der Waals surface area contributed by atoms with Gasteiger partial charge in [0.05, 0.1) is 18.8 Å². The molecule has 0 saturated heterocycles. The lowest BCUT2D eigenvalue weighted by Gasteiger charge is -2.27. The van der Waals surface area contributed by atoms with Gasteiger partial charge in [-0.2, -0.15) is 0 Å². The second kappa shape index (κ2) is 8.77. The molecule has 7 nitrogen and oxygen atoms in total. The molecule has 3 aromatic rings. The van der Waals surface area contributed by atoms with Crippen LogP contribution in [0.2, 0.25) is 0 Å². The Kier molecular flexibility index (Phi) is 5.74. The molecule has 1 aliphatic rings. The molecule has 29 heavy (non-hydrogen) atoms. The van der Waals surface area contributed by atoms with E-state index < -0.39 is 0 Å². The standard InChI is InChI=1S/C22H25N5O2/c28-21(25-14-16-6-3-4-11-23-16)9-5-12-24-22(29)27-13-10-18-17-7-1-2-8-19(17)26-20(18)15-27/h1-4,6-8,11,26H,5,9-10,12-15H2,(H,24,29)(H,25,28). The minimum Gasteiger partial charge on any atom is -0.357 e. The lowest BCUT2D eigenvalue weighted by atomic mass is 10.0. The van der Waals surface area contributed by atoms with Gasteiger partial charge in [0.2, 0.25) is 5.91 Å². The highest BCUT2D eigenvalue weighted by atomic mass is 16.2. The number of carbonyl (C=O) groups is 2. The number of nitrogens with one attached hydrogen (secondary N) is 3. The lowest BCUT2D eigenvalue weighted by molar-refractivity contribution is -0.121. The van der Waals surface area contributed by atoms with Crippen LogP contribution in [0.25, 0.3) is 10.9 Å². The smallest absolute Gasteiger partial charge is 0.317 e. The Bertz CT molecular complexity index is 999. The summed E-state index contributed by atoms with van der Waals surface area (Å²) >= 11 is 0. The van der Waals surface area contributed by atoms with Gasteiger partial charge < -0.3 is 20.5 Å². The molecular weight excluding hydrogens is 366 g/mol. The Morgan fingerprint density at radius 1 is 1.10 bits per heavy atom. The zero-order valence-corrected chi connectivity index (χ0v) is 16.3. The molecule has 0 radical (unpaired) electrons. The van der Waals surface area contributed by atoms with Crippen molar-refractivity contribution in [1.29, 1.82) is 0 Å². The number of amides is 3. The second-order valence-electron chi connectivity index (χ2n) is 7.23. The molecule has 3 amide bonds. The maximum Gasteiger partial charge on any atom is 0.317 e. The van der Waals surface area contributed by atoms with E-state index in [0.717, 1.165) is 23.3 Å². The van der Waals surface area contributed by atoms with Crippen molar-refractivity contribution in [2.75, 3.05) is 13.1 Å². The predicted octanol–water partition coefficient (Wildman–Crippen LogP) is 2.73. The van der Waals surface area contributed by atoms with Gasteiger partial charge in [-0.15, -0.1) is 0 Å². The van der Waals surface area contributed by atoms with Gasteiger partial charge in [-0.05, 0) is 36.6 Å². The quantitative estimate of drug-likeness (QED) is 0.565. The Hall–Kier alpha value is -3.35. The third kappa shape index (κ3) is 4.56. The summed E-state index contributed by atoms with van der Waals surface area (Å²) in [5, 5.41) is 7.02. The van der Waals surface area contributed by atoms with E-state index in [1.165, 1.54) is 10.9 Å². The second-order valence-corrected chi connectivity index (χ2v) is 7.23. The summed E-state index contributed by atoms with van der Waals surface area (Å²) in [6.45, 7) is 2.18. The molecule has 0 bridgehead atoms. The van der Waals surface area contributed by atoms with E-state index in [2.05, 4.69) is 32.7 Å². The first-order valence-corrected chi connectivity index (χ1v) is 9.98. The molecule has 0 unspecified atom stereocenters.